The zero-order valence-electron chi connectivity index (χ0n) is 8.64. The molecule has 1 aromatic carbocycles. The summed E-state index contributed by atoms with van der Waals surface area (Å²) in [6.45, 7) is 1.85. The normalized spacial score (nSPS) is 10.8. The summed E-state index contributed by atoms with van der Waals surface area (Å²) in [5.41, 5.74) is 1.50. The van der Waals surface area contributed by atoms with Gasteiger partial charge in [0, 0.05) is 20.9 Å². The second kappa shape index (κ2) is 4.40. The first kappa shape index (κ1) is 12.0. The van der Waals surface area contributed by atoms with Crippen LogP contribution in [0.15, 0.2) is 16.6 Å². The average molecular weight is 321 g/mol. The quantitative estimate of drug-likeness (QED) is 0.764. The van der Waals surface area contributed by atoms with Gasteiger partial charge in [-0.1, -0.05) is 23.2 Å². The Kier molecular flexibility index (Phi) is 3.29. The molecular formula is C11H8BrCl2NO. The fourth-order valence-corrected chi connectivity index (χ4v) is 2.45. The van der Waals surface area contributed by atoms with Gasteiger partial charge in [0.05, 0.1) is 17.8 Å². The van der Waals surface area contributed by atoms with E-state index in [9.17, 15) is 0 Å². The summed E-state index contributed by atoms with van der Waals surface area (Å²) < 4.78 is 6.04. The number of halogens is 3. The number of fused-ring (bicyclic) bond motifs is 1. The van der Waals surface area contributed by atoms with Gasteiger partial charge in [-0.05, 0) is 28.9 Å². The number of pyridine rings is 1. The van der Waals surface area contributed by atoms with Crippen LogP contribution in [0.3, 0.4) is 0 Å². The topological polar surface area (TPSA) is 22.1 Å². The average Bonchev–Trinajstić information content (AvgIpc) is 2.26. The number of hydrogen-bond donors (Lipinski definition) is 0. The van der Waals surface area contributed by atoms with Crippen LogP contribution < -0.4 is 4.74 Å². The third kappa shape index (κ3) is 1.88. The Hall–Kier alpha value is -0.510. The largest absolute Gasteiger partial charge is 0.494 e. The number of aryl methyl sites for hydroxylation is 1. The van der Waals surface area contributed by atoms with Gasteiger partial charge in [-0.25, -0.2) is 4.98 Å². The smallest absolute Gasteiger partial charge is 0.146 e. The minimum absolute atomic E-state index is 0.590. The molecule has 0 amide bonds. The molecule has 5 heteroatoms. The molecule has 0 saturated carbocycles. The lowest BCUT2D eigenvalue weighted by Gasteiger charge is -2.09. The van der Waals surface area contributed by atoms with Crippen LogP contribution in [0.5, 0.6) is 5.75 Å². The van der Waals surface area contributed by atoms with Crippen LogP contribution in [0, 0.1) is 6.92 Å². The minimum atomic E-state index is 0.590. The Bertz CT molecular complexity index is 572. The zero-order valence-corrected chi connectivity index (χ0v) is 11.7. The highest BCUT2D eigenvalue weighted by molar-refractivity contribution is 9.10. The number of ether oxygens (including phenoxy) is 1. The van der Waals surface area contributed by atoms with Crippen molar-refractivity contribution in [1.82, 2.24) is 4.98 Å². The van der Waals surface area contributed by atoms with E-state index < -0.39 is 0 Å². The summed E-state index contributed by atoms with van der Waals surface area (Å²) in [5, 5.41) is 2.03. The first-order valence-corrected chi connectivity index (χ1v) is 6.08. The Balaban J connectivity index is 2.94. The number of nitrogens with zero attached hydrogens (tertiary/aromatic N) is 1. The second-order valence-corrected chi connectivity index (χ2v) is 4.94. The van der Waals surface area contributed by atoms with Gasteiger partial charge in [0.25, 0.3) is 0 Å². The van der Waals surface area contributed by atoms with Crippen LogP contribution in [0.25, 0.3) is 10.9 Å². The molecule has 0 aliphatic carbocycles. The van der Waals surface area contributed by atoms with Gasteiger partial charge >= 0.3 is 0 Å². The summed E-state index contributed by atoms with van der Waals surface area (Å²) >= 11 is 15.5. The van der Waals surface area contributed by atoms with Crippen LogP contribution in [0.2, 0.25) is 10.0 Å². The molecule has 2 aromatic rings. The highest BCUT2D eigenvalue weighted by atomic mass is 79.9. The first-order valence-electron chi connectivity index (χ1n) is 4.53. The highest BCUT2D eigenvalue weighted by Crippen LogP contribution is 2.37. The molecule has 0 unspecified atom stereocenters. The van der Waals surface area contributed by atoms with E-state index in [0.29, 0.717) is 15.8 Å². The first-order chi connectivity index (χ1) is 7.54. The third-order valence-corrected chi connectivity index (χ3v) is 4.02. The number of rotatable bonds is 1. The SMILES string of the molecule is COc1cc(Cl)cc2c(Br)c(Cl)c(C)nc12. The maximum Gasteiger partial charge on any atom is 0.146 e. The van der Waals surface area contributed by atoms with Crippen molar-refractivity contribution in [2.24, 2.45) is 0 Å². The molecule has 0 N–H and O–H groups in total. The molecule has 84 valence electrons. The van der Waals surface area contributed by atoms with Crippen molar-refractivity contribution in [3.8, 4) is 5.75 Å². The van der Waals surface area contributed by atoms with Crippen LogP contribution in [0.4, 0.5) is 0 Å². The van der Waals surface area contributed by atoms with Gasteiger partial charge in [-0.15, -0.1) is 0 Å². The molecule has 0 radical (unpaired) electrons. The summed E-state index contributed by atoms with van der Waals surface area (Å²) in [5.74, 6) is 0.642. The van der Waals surface area contributed by atoms with E-state index in [4.69, 9.17) is 27.9 Å². The fourth-order valence-electron chi connectivity index (χ4n) is 1.51. The molecular weight excluding hydrogens is 313 g/mol. The van der Waals surface area contributed by atoms with Gasteiger partial charge in [0.2, 0.25) is 0 Å². The molecule has 16 heavy (non-hydrogen) atoms. The number of hydrogen-bond acceptors (Lipinski definition) is 2. The number of benzene rings is 1. The van der Waals surface area contributed by atoms with E-state index in [1.165, 1.54) is 0 Å². The predicted molar refractivity (Wildman–Crippen MR) is 70.8 cm³/mol. The molecule has 2 rings (SSSR count). The molecule has 0 fully saturated rings. The highest BCUT2D eigenvalue weighted by Gasteiger charge is 2.13. The van der Waals surface area contributed by atoms with E-state index in [0.717, 1.165) is 21.1 Å². The molecule has 0 spiro atoms. The summed E-state index contributed by atoms with van der Waals surface area (Å²) in [6.07, 6.45) is 0. The molecule has 0 aliphatic rings. The molecule has 0 aliphatic heterocycles. The van der Waals surface area contributed by atoms with E-state index in [1.54, 1.807) is 13.2 Å². The molecule has 0 atom stereocenters. The Morgan fingerprint density at radius 3 is 2.62 bits per heavy atom. The fraction of sp³-hybridized carbons (Fsp3) is 0.182. The van der Waals surface area contributed by atoms with Crippen molar-refractivity contribution >= 4 is 50.0 Å². The molecule has 1 heterocycles. The van der Waals surface area contributed by atoms with Crippen molar-refractivity contribution < 1.29 is 4.74 Å². The van der Waals surface area contributed by atoms with Crippen molar-refractivity contribution in [2.45, 2.75) is 6.92 Å². The van der Waals surface area contributed by atoms with Crippen molar-refractivity contribution in [2.75, 3.05) is 7.11 Å². The minimum Gasteiger partial charge on any atom is -0.494 e. The number of methoxy groups -OCH3 is 1. The predicted octanol–water partition coefficient (Wildman–Crippen LogP) is 4.62. The van der Waals surface area contributed by atoms with Crippen molar-refractivity contribution in [3.05, 3.63) is 32.3 Å². The molecule has 0 bridgehead atoms. The molecule has 2 nitrogen and oxygen atoms in total. The maximum absolute atomic E-state index is 6.11. The van der Waals surface area contributed by atoms with E-state index >= 15 is 0 Å². The van der Waals surface area contributed by atoms with Crippen LogP contribution in [-0.4, -0.2) is 12.1 Å². The third-order valence-electron chi connectivity index (χ3n) is 2.29. The number of aromatic nitrogens is 1. The van der Waals surface area contributed by atoms with E-state index in [1.807, 2.05) is 13.0 Å². The lowest BCUT2D eigenvalue weighted by Crippen LogP contribution is -1.92. The van der Waals surface area contributed by atoms with Gasteiger partial charge in [0.15, 0.2) is 0 Å². The van der Waals surface area contributed by atoms with Gasteiger partial charge in [-0.3, -0.25) is 0 Å². The van der Waals surface area contributed by atoms with Gasteiger partial charge < -0.3 is 4.74 Å². The maximum atomic E-state index is 6.11. The van der Waals surface area contributed by atoms with Crippen molar-refractivity contribution in [1.29, 1.82) is 0 Å². The lowest BCUT2D eigenvalue weighted by atomic mass is 10.2. The Labute approximate surface area is 112 Å². The monoisotopic (exact) mass is 319 g/mol. The lowest BCUT2D eigenvalue weighted by molar-refractivity contribution is 0.419. The summed E-state index contributed by atoms with van der Waals surface area (Å²) in [6, 6.07) is 3.54. The summed E-state index contributed by atoms with van der Waals surface area (Å²) in [7, 11) is 1.59. The second-order valence-electron chi connectivity index (χ2n) is 3.33. The Morgan fingerprint density at radius 2 is 2.00 bits per heavy atom. The van der Waals surface area contributed by atoms with Gasteiger partial charge in [-0.2, -0.15) is 0 Å². The van der Waals surface area contributed by atoms with Crippen LogP contribution >= 0.6 is 39.1 Å². The Morgan fingerprint density at radius 1 is 1.31 bits per heavy atom. The van der Waals surface area contributed by atoms with E-state index in [-0.39, 0.29) is 0 Å². The standard InChI is InChI=1S/C11H8BrCl2NO/c1-5-10(14)9(12)7-3-6(13)4-8(16-2)11(7)15-5/h3-4H,1-2H3. The molecule has 1 aromatic heterocycles. The van der Waals surface area contributed by atoms with Crippen LogP contribution in [0.1, 0.15) is 5.69 Å². The zero-order chi connectivity index (χ0) is 11.9. The van der Waals surface area contributed by atoms with E-state index in [2.05, 4.69) is 20.9 Å². The van der Waals surface area contributed by atoms with Gasteiger partial charge in [0.1, 0.15) is 11.3 Å². The summed E-state index contributed by atoms with van der Waals surface area (Å²) in [4.78, 5) is 4.40. The van der Waals surface area contributed by atoms with Crippen LogP contribution in [-0.2, 0) is 0 Å². The molecule has 0 saturated heterocycles. The van der Waals surface area contributed by atoms with Crippen molar-refractivity contribution in [3.63, 3.8) is 0 Å².